The molecule has 0 aliphatic heterocycles. The Morgan fingerprint density at radius 1 is 0.636 bits per heavy atom. The molecule has 0 amide bonds. The zero-order chi connectivity index (χ0) is 13.1. The van der Waals surface area contributed by atoms with Crippen molar-refractivity contribution in [3.05, 3.63) is 0 Å². The van der Waals surface area contributed by atoms with Gasteiger partial charge in [0.15, 0.2) is 0 Å². The van der Waals surface area contributed by atoms with E-state index >= 15 is 0 Å². The summed E-state index contributed by atoms with van der Waals surface area (Å²) in [6.07, 6.45) is 0. The van der Waals surface area contributed by atoms with E-state index in [2.05, 4.69) is 53.0 Å². The molecule has 0 saturated heterocycles. The minimum absolute atomic E-state index is 0. The first-order valence-electron chi connectivity index (χ1n) is 5.40. The Hall–Kier alpha value is 3.36. The van der Waals surface area contributed by atoms with Gasteiger partial charge in [-0.1, -0.05) is 24.4 Å². The molecule has 12 heteroatoms. The quantitative estimate of drug-likeness (QED) is 0.332. The molecule has 0 heterocycles. The van der Waals surface area contributed by atoms with Crippen molar-refractivity contribution in [3.63, 3.8) is 0 Å². The van der Waals surface area contributed by atoms with Gasteiger partial charge < -0.3 is 26.2 Å². The van der Waals surface area contributed by atoms with Crippen molar-refractivity contribution in [2.24, 2.45) is 0 Å². The predicted octanol–water partition coefficient (Wildman–Crippen LogP) is -1.33. The van der Waals surface area contributed by atoms with Crippen LogP contribution in [-0.4, -0.2) is 150 Å². The first-order valence-corrected chi connectivity index (χ1v) is 7.11. The third-order valence-electron chi connectivity index (χ3n) is 2.07. The van der Waals surface area contributed by atoms with Gasteiger partial charge in [0.2, 0.25) is 0 Å². The Bertz CT molecular complexity index is 204. The Morgan fingerprint density at radius 2 is 0.773 bits per heavy atom. The SMILES string of the molecule is CCN(CC)C(=S)S.CCN(CC)C(=S)S.O.O.O.[NaH].[NaH].[NaH]. The van der Waals surface area contributed by atoms with Crippen LogP contribution in [0.2, 0.25) is 0 Å². The molecule has 6 N–H and O–H groups in total. The van der Waals surface area contributed by atoms with Crippen LogP contribution in [0.1, 0.15) is 27.7 Å². The summed E-state index contributed by atoms with van der Waals surface area (Å²) in [6.45, 7) is 12.1. The van der Waals surface area contributed by atoms with E-state index in [1.54, 1.807) is 0 Å². The van der Waals surface area contributed by atoms with Crippen LogP contribution >= 0.6 is 49.7 Å². The molecule has 0 radical (unpaired) electrons. The van der Waals surface area contributed by atoms with Crippen LogP contribution in [0.5, 0.6) is 0 Å². The van der Waals surface area contributed by atoms with Crippen LogP contribution in [0.4, 0.5) is 0 Å². The summed E-state index contributed by atoms with van der Waals surface area (Å²) in [5.41, 5.74) is 0. The Labute approximate surface area is 223 Å². The number of hydrogen-bond acceptors (Lipinski definition) is 2. The Kier molecular flexibility index (Phi) is 80.5. The second-order valence-corrected chi connectivity index (χ2v) is 5.14. The van der Waals surface area contributed by atoms with Gasteiger partial charge in [0, 0.05) is 26.2 Å². The van der Waals surface area contributed by atoms with Gasteiger partial charge in [-0.2, -0.15) is 0 Å². The second kappa shape index (κ2) is 35.5. The summed E-state index contributed by atoms with van der Waals surface area (Å²) in [5.74, 6) is 0. The molecule has 0 atom stereocenters. The first kappa shape index (κ1) is 49.9. The van der Waals surface area contributed by atoms with Crippen molar-refractivity contribution in [2.45, 2.75) is 27.7 Å². The Balaban J connectivity index is -0.0000000233. The average Bonchev–Trinajstić information content (AvgIpc) is 2.21. The van der Waals surface area contributed by atoms with Gasteiger partial charge in [0.05, 0.1) is 0 Å². The predicted molar refractivity (Wildman–Crippen MR) is 121 cm³/mol. The molecule has 22 heavy (non-hydrogen) atoms. The van der Waals surface area contributed by atoms with Gasteiger partial charge in [-0.15, -0.1) is 25.3 Å². The Morgan fingerprint density at radius 3 is 0.773 bits per heavy atom. The summed E-state index contributed by atoms with van der Waals surface area (Å²) in [4.78, 5) is 4.02. The van der Waals surface area contributed by atoms with Crippen molar-refractivity contribution in [1.29, 1.82) is 0 Å². The molecule has 0 rings (SSSR count). The maximum atomic E-state index is 4.81. The molecule has 0 spiro atoms. The number of nitrogens with zero attached hydrogens (tertiary/aromatic N) is 2. The van der Waals surface area contributed by atoms with Crippen LogP contribution in [0.15, 0.2) is 0 Å². The van der Waals surface area contributed by atoms with E-state index in [1.807, 2.05) is 9.80 Å². The molecule has 126 valence electrons. The van der Waals surface area contributed by atoms with Crippen molar-refractivity contribution in [3.8, 4) is 0 Å². The molecule has 0 unspecified atom stereocenters. The summed E-state index contributed by atoms with van der Waals surface area (Å²) in [7, 11) is 0. The van der Waals surface area contributed by atoms with Crippen LogP contribution in [0, 0.1) is 0 Å². The van der Waals surface area contributed by atoms with Gasteiger partial charge in [-0.25, -0.2) is 0 Å². The normalized spacial score (nSPS) is 6.45. The van der Waals surface area contributed by atoms with Gasteiger partial charge in [0.1, 0.15) is 8.64 Å². The number of rotatable bonds is 4. The molecule has 0 aliphatic carbocycles. The van der Waals surface area contributed by atoms with Gasteiger partial charge >= 0.3 is 88.7 Å². The van der Waals surface area contributed by atoms with Crippen LogP contribution in [-0.2, 0) is 0 Å². The molecule has 0 aromatic rings. The molecular formula is C10H31N2Na3O3S4. The molecule has 0 bridgehead atoms. The van der Waals surface area contributed by atoms with E-state index in [-0.39, 0.29) is 105 Å². The van der Waals surface area contributed by atoms with Crippen LogP contribution in [0.3, 0.4) is 0 Å². The van der Waals surface area contributed by atoms with E-state index < -0.39 is 0 Å². The fourth-order valence-electron chi connectivity index (χ4n) is 0.988. The summed E-state index contributed by atoms with van der Waals surface area (Å²) < 4.78 is 1.38. The maximum absolute atomic E-state index is 4.81. The molecular weight excluding hydrogens is 393 g/mol. The molecule has 0 aliphatic rings. The summed E-state index contributed by atoms with van der Waals surface area (Å²) in [5, 5.41) is 0. The third-order valence-corrected chi connectivity index (χ3v) is 3.15. The molecule has 0 fully saturated rings. The summed E-state index contributed by atoms with van der Waals surface area (Å²) in [6, 6.07) is 0. The van der Waals surface area contributed by atoms with Crippen LogP contribution in [0.25, 0.3) is 0 Å². The fraction of sp³-hybridized carbons (Fsp3) is 0.800. The first-order chi connectivity index (χ1) is 7.44. The van der Waals surface area contributed by atoms with Crippen molar-refractivity contribution >= 4 is 147 Å². The number of hydrogen-bond donors (Lipinski definition) is 2. The molecule has 5 nitrogen and oxygen atoms in total. The topological polar surface area (TPSA) is 101 Å². The average molecular weight is 425 g/mol. The van der Waals surface area contributed by atoms with Gasteiger partial charge in [-0.05, 0) is 27.7 Å². The monoisotopic (exact) mass is 424 g/mol. The molecule has 0 aromatic heterocycles. The standard InChI is InChI=1S/2C5H11NS2.3Na.3H2O.3H/c2*1-3-6(4-2)5(7)8;;;;;;;;;/h2*3-4H2,1-2H3,(H,7,8);;;;3*1H2;;;. The third kappa shape index (κ3) is 31.2. The zero-order valence-electron chi connectivity index (χ0n) is 11.9. The second-order valence-electron chi connectivity index (χ2n) is 2.91. The minimum atomic E-state index is 0. The summed E-state index contributed by atoms with van der Waals surface area (Å²) >= 11 is 17.6. The van der Waals surface area contributed by atoms with E-state index in [0.717, 1.165) is 26.2 Å². The van der Waals surface area contributed by atoms with Crippen LogP contribution < -0.4 is 0 Å². The zero-order valence-corrected chi connectivity index (χ0v) is 15.4. The van der Waals surface area contributed by atoms with Crippen molar-refractivity contribution in [2.75, 3.05) is 26.2 Å². The molecule has 0 aromatic carbocycles. The van der Waals surface area contributed by atoms with Crippen molar-refractivity contribution in [1.82, 2.24) is 9.80 Å². The van der Waals surface area contributed by atoms with E-state index in [4.69, 9.17) is 24.4 Å². The van der Waals surface area contributed by atoms with Gasteiger partial charge in [0.25, 0.3) is 0 Å². The number of thiol groups is 2. The van der Waals surface area contributed by atoms with Gasteiger partial charge in [-0.3, -0.25) is 0 Å². The fourth-order valence-corrected chi connectivity index (χ4v) is 2.07. The number of thiocarbonyl (C=S) groups is 2. The van der Waals surface area contributed by atoms with Crippen molar-refractivity contribution < 1.29 is 16.4 Å². The van der Waals surface area contributed by atoms with E-state index in [0.29, 0.717) is 8.64 Å². The van der Waals surface area contributed by atoms with E-state index in [9.17, 15) is 0 Å². The molecule has 0 saturated carbocycles. The van der Waals surface area contributed by atoms with E-state index in [1.165, 1.54) is 0 Å².